The number of halogens is 3. The topological polar surface area (TPSA) is 12.5 Å². The fourth-order valence-corrected chi connectivity index (χ4v) is 1.80. The van der Waals surface area contributed by atoms with Crippen molar-refractivity contribution >= 4 is 5.69 Å². The third-order valence-electron chi connectivity index (χ3n) is 2.83. The SMILES string of the molecule is C=CCC(Cc1ccc(N(C)C)cc1)OCC(F)(F)F. The Labute approximate surface area is 117 Å². The van der Waals surface area contributed by atoms with Crippen LogP contribution in [0.25, 0.3) is 0 Å². The van der Waals surface area contributed by atoms with Crippen LogP contribution in [0, 0.1) is 0 Å². The largest absolute Gasteiger partial charge is 0.411 e. The molecule has 0 aliphatic heterocycles. The highest BCUT2D eigenvalue weighted by Gasteiger charge is 2.29. The van der Waals surface area contributed by atoms with E-state index in [1.807, 2.05) is 43.3 Å². The number of alkyl halides is 3. The van der Waals surface area contributed by atoms with Crippen molar-refractivity contribution in [3.05, 3.63) is 42.5 Å². The summed E-state index contributed by atoms with van der Waals surface area (Å²) >= 11 is 0. The van der Waals surface area contributed by atoms with Crippen LogP contribution in [-0.2, 0) is 11.2 Å². The zero-order valence-electron chi connectivity index (χ0n) is 11.8. The number of hydrogen-bond donors (Lipinski definition) is 0. The molecule has 1 rings (SSSR count). The average Bonchev–Trinajstić information content (AvgIpc) is 2.36. The number of benzene rings is 1. The molecule has 0 heterocycles. The standard InChI is InChI=1S/C15H20F3NO/c1-4-5-14(20-11-15(16,17)18)10-12-6-8-13(9-7-12)19(2)3/h4,6-9,14H,1,5,10-11H2,2-3H3. The summed E-state index contributed by atoms with van der Waals surface area (Å²) in [6.07, 6.45) is -2.38. The van der Waals surface area contributed by atoms with Crippen molar-refractivity contribution in [1.29, 1.82) is 0 Å². The highest BCUT2D eigenvalue weighted by Crippen LogP contribution is 2.19. The Morgan fingerprint density at radius 3 is 2.30 bits per heavy atom. The van der Waals surface area contributed by atoms with E-state index in [2.05, 4.69) is 6.58 Å². The molecule has 0 saturated heterocycles. The van der Waals surface area contributed by atoms with Crippen molar-refractivity contribution in [3.63, 3.8) is 0 Å². The lowest BCUT2D eigenvalue weighted by Gasteiger charge is -2.18. The van der Waals surface area contributed by atoms with Crippen LogP contribution >= 0.6 is 0 Å². The summed E-state index contributed by atoms with van der Waals surface area (Å²) in [6.45, 7) is 2.33. The van der Waals surface area contributed by atoms with Gasteiger partial charge in [0.05, 0.1) is 6.10 Å². The van der Waals surface area contributed by atoms with E-state index in [-0.39, 0.29) is 0 Å². The van der Waals surface area contributed by atoms with Gasteiger partial charge in [-0.15, -0.1) is 6.58 Å². The molecule has 0 N–H and O–H groups in total. The summed E-state index contributed by atoms with van der Waals surface area (Å²) in [6, 6.07) is 7.68. The van der Waals surface area contributed by atoms with Gasteiger partial charge in [-0.2, -0.15) is 13.2 Å². The van der Waals surface area contributed by atoms with Crippen molar-refractivity contribution in [2.24, 2.45) is 0 Å². The quantitative estimate of drug-likeness (QED) is 0.707. The molecule has 1 aromatic rings. The first-order valence-corrected chi connectivity index (χ1v) is 6.37. The molecule has 5 heteroatoms. The Hall–Kier alpha value is -1.49. The highest BCUT2D eigenvalue weighted by molar-refractivity contribution is 5.46. The van der Waals surface area contributed by atoms with Gasteiger partial charge in [-0.3, -0.25) is 0 Å². The molecule has 0 bridgehead atoms. The monoisotopic (exact) mass is 287 g/mol. The van der Waals surface area contributed by atoms with Gasteiger partial charge in [-0.25, -0.2) is 0 Å². The van der Waals surface area contributed by atoms with Crippen molar-refractivity contribution in [3.8, 4) is 0 Å². The van der Waals surface area contributed by atoms with Gasteiger partial charge in [0, 0.05) is 19.8 Å². The number of rotatable bonds is 7. The van der Waals surface area contributed by atoms with Crippen LogP contribution in [-0.4, -0.2) is 33.0 Å². The van der Waals surface area contributed by atoms with Gasteiger partial charge in [0.15, 0.2) is 0 Å². The van der Waals surface area contributed by atoms with Gasteiger partial charge in [-0.1, -0.05) is 18.2 Å². The van der Waals surface area contributed by atoms with Gasteiger partial charge in [0.1, 0.15) is 6.61 Å². The van der Waals surface area contributed by atoms with Gasteiger partial charge in [0.25, 0.3) is 0 Å². The Morgan fingerprint density at radius 1 is 1.25 bits per heavy atom. The fraction of sp³-hybridized carbons (Fsp3) is 0.467. The van der Waals surface area contributed by atoms with Gasteiger partial charge in [-0.05, 0) is 30.5 Å². The zero-order chi connectivity index (χ0) is 15.2. The van der Waals surface area contributed by atoms with E-state index in [1.165, 1.54) is 0 Å². The third-order valence-corrected chi connectivity index (χ3v) is 2.83. The van der Waals surface area contributed by atoms with Crippen molar-refractivity contribution in [2.75, 3.05) is 25.6 Å². The predicted molar refractivity (Wildman–Crippen MR) is 75.1 cm³/mol. The third kappa shape index (κ3) is 6.10. The minimum Gasteiger partial charge on any atom is -0.378 e. The van der Waals surface area contributed by atoms with Crippen molar-refractivity contribution in [2.45, 2.75) is 25.1 Å². The van der Waals surface area contributed by atoms with E-state index in [4.69, 9.17) is 4.74 Å². The van der Waals surface area contributed by atoms with Crippen LogP contribution in [0.2, 0.25) is 0 Å². The summed E-state index contributed by atoms with van der Waals surface area (Å²) in [5, 5.41) is 0. The Balaban J connectivity index is 2.62. The number of nitrogens with zero attached hydrogens (tertiary/aromatic N) is 1. The average molecular weight is 287 g/mol. The maximum absolute atomic E-state index is 12.2. The summed E-state index contributed by atoms with van der Waals surface area (Å²) in [4.78, 5) is 1.96. The van der Waals surface area contributed by atoms with E-state index in [0.29, 0.717) is 12.8 Å². The van der Waals surface area contributed by atoms with Gasteiger partial charge >= 0.3 is 6.18 Å². The molecule has 0 spiro atoms. The molecule has 1 unspecified atom stereocenters. The van der Waals surface area contributed by atoms with Crippen LogP contribution in [0.3, 0.4) is 0 Å². The van der Waals surface area contributed by atoms with Crippen LogP contribution in [0.4, 0.5) is 18.9 Å². The second kappa shape index (κ2) is 7.33. The maximum atomic E-state index is 12.2. The summed E-state index contributed by atoms with van der Waals surface area (Å²) < 4.78 is 41.5. The minimum atomic E-state index is -4.30. The minimum absolute atomic E-state index is 0.394. The smallest absolute Gasteiger partial charge is 0.378 e. The van der Waals surface area contributed by atoms with Crippen molar-refractivity contribution < 1.29 is 17.9 Å². The second-order valence-corrected chi connectivity index (χ2v) is 4.84. The normalized spacial score (nSPS) is 13.1. The molecule has 1 aromatic carbocycles. The molecule has 2 nitrogen and oxygen atoms in total. The van der Waals surface area contributed by atoms with E-state index >= 15 is 0 Å². The molecule has 0 saturated carbocycles. The molecule has 0 radical (unpaired) electrons. The van der Waals surface area contributed by atoms with E-state index in [9.17, 15) is 13.2 Å². The molecule has 0 amide bonds. The number of ether oxygens (including phenoxy) is 1. The van der Waals surface area contributed by atoms with Crippen LogP contribution in [0.1, 0.15) is 12.0 Å². The molecule has 20 heavy (non-hydrogen) atoms. The molecule has 0 fully saturated rings. The molecule has 1 atom stereocenters. The van der Waals surface area contributed by atoms with Crippen molar-refractivity contribution in [1.82, 2.24) is 0 Å². The van der Waals surface area contributed by atoms with Crippen LogP contribution < -0.4 is 4.90 Å². The summed E-state index contributed by atoms with van der Waals surface area (Å²) in [7, 11) is 3.87. The maximum Gasteiger partial charge on any atom is 0.411 e. The lowest BCUT2D eigenvalue weighted by atomic mass is 10.0. The van der Waals surface area contributed by atoms with E-state index < -0.39 is 18.9 Å². The Kier molecular flexibility index (Phi) is 6.07. The first-order valence-electron chi connectivity index (χ1n) is 6.37. The van der Waals surface area contributed by atoms with Gasteiger partial charge < -0.3 is 9.64 Å². The Bertz CT molecular complexity index is 412. The lowest BCUT2D eigenvalue weighted by Crippen LogP contribution is -2.24. The molecule has 0 aliphatic carbocycles. The number of hydrogen-bond acceptors (Lipinski definition) is 2. The summed E-state index contributed by atoms with van der Waals surface area (Å²) in [5.74, 6) is 0. The van der Waals surface area contributed by atoms with Gasteiger partial charge in [0.2, 0.25) is 0 Å². The zero-order valence-corrected chi connectivity index (χ0v) is 11.8. The molecular weight excluding hydrogens is 267 g/mol. The molecule has 112 valence electrons. The number of anilines is 1. The fourth-order valence-electron chi connectivity index (χ4n) is 1.80. The molecule has 0 aromatic heterocycles. The van der Waals surface area contributed by atoms with E-state index in [0.717, 1.165) is 11.3 Å². The highest BCUT2D eigenvalue weighted by atomic mass is 19.4. The first kappa shape index (κ1) is 16.6. The summed E-state index contributed by atoms with van der Waals surface area (Å²) in [5.41, 5.74) is 2.00. The van der Waals surface area contributed by atoms with Crippen LogP contribution in [0.5, 0.6) is 0 Å². The molecular formula is C15H20F3NO. The van der Waals surface area contributed by atoms with E-state index in [1.54, 1.807) is 6.08 Å². The van der Waals surface area contributed by atoms with Crippen LogP contribution in [0.15, 0.2) is 36.9 Å². The predicted octanol–water partition coefficient (Wildman–Crippen LogP) is 3.82. The Morgan fingerprint density at radius 2 is 1.85 bits per heavy atom. The second-order valence-electron chi connectivity index (χ2n) is 4.84. The lowest BCUT2D eigenvalue weighted by molar-refractivity contribution is -0.184. The first-order chi connectivity index (χ1) is 9.31. The molecule has 0 aliphatic rings.